The molecular weight excluding hydrogens is 104 g/mol. The molecule has 3 N–H and O–H groups in total. The third kappa shape index (κ3) is 5.43. The molecule has 47 valence electrons. The van der Waals surface area contributed by atoms with Crippen LogP contribution in [0.1, 0.15) is 19.3 Å². The van der Waals surface area contributed by atoms with Crippen molar-refractivity contribution in [2.24, 2.45) is 5.73 Å². The summed E-state index contributed by atoms with van der Waals surface area (Å²) < 4.78 is 0. The molecular formula is C5H11N2O. The van der Waals surface area contributed by atoms with Crippen LogP contribution in [0.3, 0.4) is 0 Å². The summed E-state index contributed by atoms with van der Waals surface area (Å²) in [7, 11) is 0. The van der Waals surface area contributed by atoms with E-state index in [-0.39, 0.29) is 12.4 Å². The monoisotopic (exact) mass is 115 g/mol. The highest BCUT2D eigenvalue weighted by Gasteiger charge is 1.88. The molecule has 0 aliphatic rings. The van der Waals surface area contributed by atoms with E-state index in [1.807, 2.05) is 0 Å². The van der Waals surface area contributed by atoms with E-state index in [2.05, 4.69) is 0 Å². The van der Waals surface area contributed by atoms with Crippen LogP contribution in [0.2, 0.25) is 0 Å². The Kier molecular flexibility index (Phi) is 4.26. The maximum absolute atomic E-state index is 9.80. The van der Waals surface area contributed by atoms with Crippen LogP contribution in [0.4, 0.5) is 0 Å². The zero-order valence-corrected chi connectivity index (χ0v) is 4.81. The van der Waals surface area contributed by atoms with Gasteiger partial charge in [0, 0.05) is 6.42 Å². The molecule has 0 unspecified atom stereocenters. The highest BCUT2D eigenvalue weighted by Crippen LogP contribution is 1.91. The molecule has 0 aliphatic heterocycles. The van der Waals surface area contributed by atoms with Gasteiger partial charge in [-0.05, 0) is 12.8 Å². The Morgan fingerprint density at radius 1 is 1.50 bits per heavy atom. The first kappa shape index (κ1) is 7.43. The molecule has 0 bridgehead atoms. The Labute approximate surface area is 49.0 Å². The third-order valence-electron chi connectivity index (χ3n) is 0.840. The number of nitrogens with one attached hydrogen (secondary N) is 1. The molecule has 0 saturated heterocycles. The standard InChI is InChI=1S/C5H11N2O/c6-5(7)3-1-2-4-8/h1-4H2,(H3,6,7). The lowest BCUT2D eigenvalue weighted by Crippen LogP contribution is -2.08. The number of nitrogens with two attached hydrogens (primary N) is 1. The zero-order valence-electron chi connectivity index (χ0n) is 4.81. The summed E-state index contributed by atoms with van der Waals surface area (Å²) in [6.07, 6.45) is 1.97. The van der Waals surface area contributed by atoms with Crippen LogP contribution < -0.4 is 5.73 Å². The highest BCUT2D eigenvalue weighted by molar-refractivity contribution is 5.76. The van der Waals surface area contributed by atoms with E-state index in [1.165, 1.54) is 0 Å². The Hall–Kier alpha value is -0.570. The van der Waals surface area contributed by atoms with Crippen molar-refractivity contribution in [3.8, 4) is 0 Å². The molecule has 0 atom stereocenters. The number of amidine groups is 1. The first-order chi connectivity index (χ1) is 3.77. The van der Waals surface area contributed by atoms with Gasteiger partial charge >= 0.3 is 0 Å². The summed E-state index contributed by atoms with van der Waals surface area (Å²) >= 11 is 0. The fourth-order valence-electron chi connectivity index (χ4n) is 0.418. The van der Waals surface area contributed by atoms with Crippen molar-refractivity contribution in [2.45, 2.75) is 19.3 Å². The van der Waals surface area contributed by atoms with Crippen molar-refractivity contribution in [3.05, 3.63) is 0 Å². The van der Waals surface area contributed by atoms with Gasteiger partial charge in [-0.2, -0.15) is 0 Å². The summed E-state index contributed by atoms with van der Waals surface area (Å²) in [6.45, 7) is -0.0483. The number of hydrogen-bond donors (Lipinski definition) is 2. The fourth-order valence-corrected chi connectivity index (χ4v) is 0.418. The number of rotatable bonds is 4. The van der Waals surface area contributed by atoms with Crippen LogP contribution in [-0.4, -0.2) is 12.4 Å². The van der Waals surface area contributed by atoms with E-state index in [4.69, 9.17) is 11.1 Å². The Morgan fingerprint density at radius 2 is 2.12 bits per heavy atom. The van der Waals surface area contributed by atoms with E-state index in [9.17, 15) is 5.11 Å². The van der Waals surface area contributed by atoms with Gasteiger partial charge in [0.2, 0.25) is 0 Å². The van der Waals surface area contributed by atoms with Crippen molar-refractivity contribution in [1.82, 2.24) is 0 Å². The minimum absolute atomic E-state index is 0.0483. The van der Waals surface area contributed by atoms with Gasteiger partial charge in [0.15, 0.2) is 0 Å². The van der Waals surface area contributed by atoms with Crippen molar-refractivity contribution in [2.75, 3.05) is 6.61 Å². The molecule has 1 radical (unpaired) electrons. The lowest BCUT2D eigenvalue weighted by atomic mass is 10.2. The predicted octanol–water partition coefficient (Wildman–Crippen LogP) is 0.523. The first-order valence-corrected chi connectivity index (χ1v) is 2.68. The number of hydrogen-bond acceptors (Lipinski definition) is 1. The van der Waals surface area contributed by atoms with Gasteiger partial charge in [-0.15, -0.1) is 0 Å². The van der Waals surface area contributed by atoms with Crippen LogP contribution in [0, 0.1) is 5.41 Å². The molecule has 0 aromatic carbocycles. The van der Waals surface area contributed by atoms with E-state index in [1.54, 1.807) is 0 Å². The van der Waals surface area contributed by atoms with Gasteiger partial charge in [0.25, 0.3) is 0 Å². The van der Waals surface area contributed by atoms with Gasteiger partial charge in [-0.3, -0.25) is 5.41 Å². The van der Waals surface area contributed by atoms with E-state index in [0.717, 1.165) is 6.42 Å². The molecule has 0 fully saturated rings. The molecule has 0 aromatic rings. The minimum atomic E-state index is -0.0483. The van der Waals surface area contributed by atoms with Crippen molar-refractivity contribution in [3.63, 3.8) is 0 Å². The summed E-state index contributed by atoms with van der Waals surface area (Å²) in [5.41, 5.74) is 5.01. The molecule has 0 aliphatic carbocycles. The lowest BCUT2D eigenvalue weighted by molar-refractivity contribution is 0.187. The van der Waals surface area contributed by atoms with E-state index in [0.29, 0.717) is 12.8 Å². The summed E-state index contributed by atoms with van der Waals surface area (Å²) in [5, 5.41) is 16.5. The molecule has 0 rings (SSSR count). The topological polar surface area (TPSA) is 69.8 Å². The first-order valence-electron chi connectivity index (χ1n) is 2.68. The molecule has 3 nitrogen and oxygen atoms in total. The van der Waals surface area contributed by atoms with Gasteiger partial charge < -0.3 is 5.73 Å². The molecule has 0 heterocycles. The summed E-state index contributed by atoms with van der Waals surface area (Å²) in [5.74, 6) is 0.179. The third-order valence-corrected chi connectivity index (χ3v) is 0.840. The van der Waals surface area contributed by atoms with Gasteiger partial charge in [-0.1, -0.05) is 0 Å². The van der Waals surface area contributed by atoms with E-state index < -0.39 is 0 Å². The van der Waals surface area contributed by atoms with Crippen LogP contribution in [0.5, 0.6) is 0 Å². The second-order valence-electron chi connectivity index (χ2n) is 1.69. The SMILES string of the molecule is N=C(N)CCCC[O]. The molecule has 0 spiro atoms. The van der Waals surface area contributed by atoms with Gasteiger partial charge in [0.1, 0.15) is 0 Å². The second kappa shape index (κ2) is 4.59. The van der Waals surface area contributed by atoms with Crippen LogP contribution in [0.25, 0.3) is 0 Å². The molecule has 0 aromatic heterocycles. The average Bonchev–Trinajstić information content (AvgIpc) is 1.66. The maximum atomic E-state index is 9.80. The predicted molar refractivity (Wildman–Crippen MR) is 31.3 cm³/mol. The summed E-state index contributed by atoms with van der Waals surface area (Å²) in [6, 6.07) is 0. The Morgan fingerprint density at radius 3 is 2.50 bits per heavy atom. The average molecular weight is 115 g/mol. The Bertz CT molecular complexity index is 72.8. The largest absolute Gasteiger partial charge is 0.388 e. The second-order valence-corrected chi connectivity index (χ2v) is 1.69. The van der Waals surface area contributed by atoms with Crippen LogP contribution in [-0.2, 0) is 5.11 Å². The quantitative estimate of drug-likeness (QED) is 0.313. The van der Waals surface area contributed by atoms with Crippen molar-refractivity contribution < 1.29 is 5.11 Å². The molecule has 0 saturated carbocycles. The highest BCUT2D eigenvalue weighted by atomic mass is 16.2. The van der Waals surface area contributed by atoms with Crippen molar-refractivity contribution >= 4 is 5.84 Å². The van der Waals surface area contributed by atoms with Gasteiger partial charge in [-0.25, -0.2) is 5.11 Å². The molecule has 8 heavy (non-hydrogen) atoms. The number of unbranched alkanes of at least 4 members (excludes halogenated alkanes) is 1. The molecule has 3 heteroatoms. The summed E-state index contributed by atoms with van der Waals surface area (Å²) in [4.78, 5) is 0. The van der Waals surface area contributed by atoms with Crippen LogP contribution in [0.15, 0.2) is 0 Å². The maximum Gasteiger partial charge on any atom is 0.0905 e. The van der Waals surface area contributed by atoms with Crippen LogP contribution >= 0.6 is 0 Å². The smallest absolute Gasteiger partial charge is 0.0905 e. The van der Waals surface area contributed by atoms with E-state index >= 15 is 0 Å². The van der Waals surface area contributed by atoms with Crippen molar-refractivity contribution in [1.29, 1.82) is 5.41 Å². The fraction of sp³-hybridized carbons (Fsp3) is 0.800. The lowest BCUT2D eigenvalue weighted by Gasteiger charge is -1.92. The van der Waals surface area contributed by atoms with Gasteiger partial charge in [0.05, 0.1) is 12.4 Å². The normalized spacial score (nSPS) is 9.12. The Balaban J connectivity index is 2.82. The molecule has 0 amide bonds. The zero-order chi connectivity index (χ0) is 6.41. The minimum Gasteiger partial charge on any atom is -0.388 e.